The number of para-hydroxylation sites is 1. The number of hydrogen-bond donors (Lipinski definition) is 2. The molecule has 0 atom stereocenters. The summed E-state index contributed by atoms with van der Waals surface area (Å²) in [5.74, 6) is -0.0448. The highest BCUT2D eigenvalue weighted by molar-refractivity contribution is 7.08. The summed E-state index contributed by atoms with van der Waals surface area (Å²) in [6, 6.07) is 24.9. The molecule has 0 spiro atoms. The summed E-state index contributed by atoms with van der Waals surface area (Å²) < 4.78 is 5.82. The molecule has 3 aromatic carbocycles. The van der Waals surface area contributed by atoms with Crippen LogP contribution in [-0.4, -0.2) is 11.8 Å². The van der Waals surface area contributed by atoms with Gasteiger partial charge >= 0.3 is 0 Å². The van der Waals surface area contributed by atoms with Gasteiger partial charge in [-0.3, -0.25) is 9.59 Å². The van der Waals surface area contributed by atoms with Crippen molar-refractivity contribution in [2.45, 2.75) is 6.61 Å². The van der Waals surface area contributed by atoms with Crippen LogP contribution in [0.1, 0.15) is 31.8 Å². The smallest absolute Gasteiger partial charge is 0.257 e. The molecule has 162 valence electrons. The number of carbonyl (C=O) groups is 2. The number of anilines is 2. The second kappa shape index (κ2) is 10.3. The van der Waals surface area contributed by atoms with E-state index in [4.69, 9.17) is 10.00 Å². The predicted octanol–water partition coefficient (Wildman–Crippen LogP) is 5.70. The first-order valence-electron chi connectivity index (χ1n) is 10.1. The largest absolute Gasteiger partial charge is 0.489 e. The summed E-state index contributed by atoms with van der Waals surface area (Å²) in [6.45, 7) is 0.296. The predicted molar refractivity (Wildman–Crippen MR) is 129 cm³/mol. The maximum absolute atomic E-state index is 12.9. The first-order valence-corrected chi connectivity index (χ1v) is 11.0. The van der Waals surface area contributed by atoms with Gasteiger partial charge in [-0.2, -0.15) is 16.6 Å². The molecule has 0 saturated carbocycles. The summed E-state index contributed by atoms with van der Waals surface area (Å²) in [7, 11) is 0. The van der Waals surface area contributed by atoms with Crippen LogP contribution < -0.4 is 15.4 Å². The molecule has 0 saturated heterocycles. The van der Waals surface area contributed by atoms with Gasteiger partial charge in [0.2, 0.25) is 0 Å². The zero-order valence-corrected chi connectivity index (χ0v) is 18.3. The van der Waals surface area contributed by atoms with E-state index >= 15 is 0 Å². The Labute approximate surface area is 195 Å². The van der Waals surface area contributed by atoms with Gasteiger partial charge in [0.25, 0.3) is 11.8 Å². The Morgan fingerprint density at radius 3 is 2.58 bits per heavy atom. The van der Waals surface area contributed by atoms with Crippen molar-refractivity contribution in [3.63, 3.8) is 0 Å². The zero-order chi connectivity index (χ0) is 23.0. The van der Waals surface area contributed by atoms with E-state index in [1.165, 1.54) is 11.3 Å². The molecule has 1 aromatic heterocycles. The molecule has 6 nitrogen and oxygen atoms in total. The lowest BCUT2D eigenvalue weighted by Crippen LogP contribution is -2.18. The molecule has 0 bridgehead atoms. The lowest BCUT2D eigenvalue weighted by molar-refractivity contribution is 0.102. The highest BCUT2D eigenvalue weighted by Gasteiger charge is 2.15. The number of thiophene rings is 1. The van der Waals surface area contributed by atoms with Crippen LogP contribution in [-0.2, 0) is 6.61 Å². The fraction of sp³-hybridized carbons (Fsp3) is 0.0385. The molecule has 33 heavy (non-hydrogen) atoms. The number of nitrogens with zero attached hydrogens (tertiary/aromatic N) is 1. The lowest BCUT2D eigenvalue weighted by atomic mass is 10.1. The lowest BCUT2D eigenvalue weighted by Gasteiger charge is -2.12. The molecule has 0 aliphatic rings. The Bertz CT molecular complexity index is 1330. The van der Waals surface area contributed by atoms with Crippen LogP contribution >= 0.6 is 11.3 Å². The third kappa shape index (κ3) is 5.64. The van der Waals surface area contributed by atoms with Gasteiger partial charge in [-0.15, -0.1) is 0 Å². The number of benzene rings is 3. The van der Waals surface area contributed by atoms with E-state index in [-0.39, 0.29) is 11.8 Å². The molecule has 0 fully saturated rings. The molecule has 0 aliphatic heterocycles. The number of amides is 2. The molecule has 0 unspecified atom stereocenters. The van der Waals surface area contributed by atoms with Crippen LogP contribution in [0.25, 0.3) is 0 Å². The molecule has 7 heteroatoms. The Balaban J connectivity index is 1.44. The second-order valence-corrected chi connectivity index (χ2v) is 7.87. The Hall–Kier alpha value is -4.41. The summed E-state index contributed by atoms with van der Waals surface area (Å²) in [4.78, 5) is 25.3. The Morgan fingerprint density at radius 1 is 0.909 bits per heavy atom. The third-order valence-electron chi connectivity index (χ3n) is 4.76. The molecular formula is C26H19N3O3S. The Morgan fingerprint density at radius 2 is 1.76 bits per heavy atom. The van der Waals surface area contributed by atoms with Crippen LogP contribution in [0.5, 0.6) is 5.75 Å². The van der Waals surface area contributed by atoms with Gasteiger partial charge in [-0.05, 0) is 53.4 Å². The fourth-order valence-electron chi connectivity index (χ4n) is 3.14. The summed E-state index contributed by atoms with van der Waals surface area (Å²) in [5, 5.41) is 18.2. The van der Waals surface area contributed by atoms with Crippen molar-refractivity contribution in [3.8, 4) is 11.8 Å². The van der Waals surface area contributed by atoms with Crippen LogP contribution in [0.4, 0.5) is 11.4 Å². The topological polar surface area (TPSA) is 91.2 Å². The fourth-order valence-corrected chi connectivity index (χ4v) is 3.77. The van der Waals surface area contributed by atoms with Gasteiger partial charge in [-0.1, -0.05) is 30.3 Å². The molecule has 1 heterocycles. The van der Waals surface area contributed by atoms with Crippen molar-refractivity contribution < 1.29 is 14.3 Å². The van der Waals surface area contributed by atoms with Crippen LogP contribution in [0.2, 0.25) is 0 Å². The van der Waals surface area contributed by atoms with Crippen molar-refractivity contribution >= 4 is 34.5 Å². The first kappa shape index (κ1) is 21.8. The van der Waals surface area contributed by atoms with Crippen LogP contribution in [0.3, 0.4) is 0 Å². The molecule has 0 radical (unpaired) electrons. The SMILES string of the molecule is N#Cc1cccc(COc2cccc(NC(=O)c3ccccc3NC(=O)c3ccsc3)c2)c1. The second-order valence-electron chi connectivity index (χ2n) is 7.09. The molecule has 2 amide bonds. The molecule has 0 aliphatic carbocycles. The van der Waals surface area contributed by atoms with E-state index in [1.54, 1.807) is 72.1 Å². The van der Waals surface area contributed by atoms with E-state index < -0.39 is 0 Å². The van der Waals surface area contributed by atoms with Crippen molar-refractivity contribution in [1.82, 2.24) is 0 Å². The van der Waals surface area contributed by atoms with Crippen molar-refractivity contribution in [3.05, 3.63) is 112 Å². The van der Waals surface area contributed by atoms with E-state index in [0.717, 1.165) is 5.56 Å². The van der Waals surface area contributed by atoms with Crippen molar-refractivity contribution in [2.24, 2.45) is 0 Å². The van der Waals surface area contributed by atoms with E-state index in [0.29, 0.717) is 40.4 Å². The monoisotopic (exact) mass is 453 g/mol. The van der Waals surface area contributed by atoms with E-state index in [9.17, 15) is 9.59 Å². The molecule has 4 rings (SSSR count). The molecule has 2 N–H and O–H groups in total. The van der Waals surface area contributed by atoms with Crippen LogP contribution in [0.15, 0.2) is 89.6 Å². The van der Waals surface area contributed by atoms with Crippen molar-refractivity contribution in [1.29, 1.82) is 5.26 Å². The van der Waals surface area contributed by atoms with Gasteiger partial charge in [0, 0.05) is 17.1 Å². The number of hydrogen-bond acceptors (Lipinski definition) is 5. The third-order valence-corrected chi connectivity index (χ3v) is 5.44. The number of ether oxygens (including phenoxy) is 1. The Kier molecular flexibility index (Phi) is 6.78. The average Bonchev–Trinajstić information content (AvgIpc) is 3.39. The maximum atomic E-state index is 12.9. The number of carbonyl (C=O) groups excluding carboxylic acids is 2. The van der Waals surface area contributed by atoms with Gasteiger partial charge in [0.1, 0.15) is 12.4 Å². The molecular weight excluding hydrogens is 434 g/mol. The minimum absolute atomic E-state index is 0.271. The van der Waals surface area contributed by atoms with Gasteiger partial charge in [-0.25, -0.2) is 0 Å². The average molecular weight is 454 g/mol. The number of rotatable bonds is 7. The summed E-state index contributed by atoms with van der Waals surface area (Å²) in [5.41, 5.74) is 3.32. The highest BCUT2D eigenvalue weighted by Crippen LogP contribution is 2.22. The van der Waals surface area contributed by atoms with Crippen molar-refractivity contribution in [2.75, 3.05) is 10.6 Å². The van der Waals surface area contributed by atoms with E-state index in [1.807, 2.05) is 17.5 Å². The normalized spacial score (nSPS) is 10.2. The van der Waals surface area contributed by atoms with Gasteiger partial charge in [0.15, 0.2) is 0 Å². The number of nitrogens with one attached hydrogen (secondary N) is 2. The maximum Gasteiger partial charge on any atom is 0.257 e. The summed E-state index contributed by atoms with van der Waals surface area (Å²) >= 11 is 1.43. The highest BCUT2D eigenvalue weighted by atomic mass is 32.1. The zero-order valence-electron chi connectivity index (χ0n) is 17.4. The molecule has 4 aromatic rings. The number of nitriles is 1. The first-order chi connectivity index (χ1) is 16.1. The minimum atomic E-state index is -0.352. The quantitative estimate of drug-likeness (QED) is 0.375. The van der Waals surface area contributed by atoms with Crippen LogP contribution in [0, 0.1) is 11.3 Å². The summed E-state index contributed by atoms with van der Waals surface area (Å²) in [6.07, 6.45) is 0. The minimum Gasteiger partial charge on any atom is -0.489 e. The standard InChI is InChI=1S/C26H19N3O3S/c27-15-18-5-3-6-19(13-18)16-32-22-8-4-7-21(14-22)28-26(31)23-9-1-2-10-24(23)29-25(30)20-11-12-33-17-20/h1-14,17H,16H2,(H,28,31)(H,29,30). The van der Waals surface area contributed by atoms with Gasteiger partial charge in [0.05, 0.1) is 28.4 Å². The van der Waals surface area contributed by atoms with E-state index in [2.05, 4.69) is 16.7 Å². The van der Waals surface area contributed by atoms with Gasteiger partial charge < -0.3 is 15.4 Å².